The second kappa shape index (κ2) is 4.92. The van der Waals surface area contributed by atoms with Crippen molar-refractivity contribution in [2.24, 2.45) is 0 Å². The summed E-state index contributed by atoms with van der Waals surface area (Å²) >= 11 is 5.06. The molecule has 1 heterocycles. The number of thiocarbonyl (C=S) groups is 1. The van der Waals surface area contributed by atoms with Crippen LogP contribution in [-0.2, 0) is 5.85 Å². The zero-order valence-corrected chi connectivity index (χ0v) is 10.7. The van der Waals surface area contributed by atoms with E-state index < -0.39 is 10.8 Å². The highest BCUT2D eigenvalue weighted by atomic mass is 32.1. The summed E-state index contributed by atoms with van der Waals surface area (Å²) in [5.74, 6) is -1.56. The third-order valence-electron chi connectivity index (χ3n) is 2.77. The van der Waals surface area contributed by atoms with Crippen LogP contribution < -0.4 is 10.9 Å². The van der Waals surface area contributed by atoms with E-state index in [1.165, 1.54) is 29.2 Å². The SMILES string of the molecule is C=CCN1C(=S)NN[C@]1(O)c1ccc([N+](=O)[O-])cc1. The second-order valence-corrected chi connectivity index (χ2v) is 4.32. The molecule has 0 spiro atoms. The van der Waals surface area contributed by atoms with Gasteiger partial charge in [-0.05, 0) is 24.4 Å². The molecule has 19 heavy (non-hydrogen) atoms. The van der Waals surface area contributed by atoms with E-state index in [2.05, 4.69) is 17.4 Å². The van der Waals surface area contributed by atoms with E-state index in [9.17, 15) is 15.2 Å². The third-order valence-corrected chi connectivity index (χ3v) is 3.09. The summed E-state index contributed by atoms with van der Waals surface area (Å²) in [6.45, 7) is 3.92. The molecule has 0 amide bonds. The molecular formula is C11H12N4O3S. The van der Waals surface area contributed by atoms with Crippen molar-refractivity contribution in [3.05, 3.63) is 52.6 Å². The van der Waals surface area contributed by atoms with E-state index in [1.54, 1.807) is 6.08 Å². The monoisotopic (exact) mass is 280 g/mol. The number of aliphatic hydroxyl groups is 1. The maximum atomic E-state index is 10.6. The Kier molecular flexibility index (Phi) is 3.47. The molecule has 7 nitrogen and oxygen atoms in total. The molecule has 8 heteroatoms. The number of non-ortho nitro benzene ring substituents is 1. The van der Waals surface area contributed by atoms with Crippen molar-refractivity contribution < 1.29 is 10.0 Å². The van der Waals surface area contributed by atoms with Crippen LogP contribution in [0.15, 0.2) is 36.9 Å². The van der Waals surface area contributed by atoms with E-state index in [1.807, 2.05) is 0 Å². The van der Waals surface area contributed by atoms with Gasteiger partial charge in [-0.2, -0.15) is 5.43 Å². The number of nitro benzene ring substituents is 1. The largest absolute Gasteiger partial charge is 0.353 e. The lowest BCUT2D eigenvalue weighted by atomic mass is 10.1. The standard InChI is InChI=1S/C11H12N4O3S/c1-2-7-14-10(19)12-13-11(14,16)8-3-5-9(6-4-8)15(17)18/h2-6,13,16H,1,7H2,(H,12,19)/t11-/m1/s1. The van der Waals surface area contributed by atoms with Gasteiger partial charge in [0, 0.05) is 24.2 Å². The second-order valence-electron chi connectivity index (χ2n) is 3.93. The first-order valence-electron chi connectivity index (χ1n) is 5.42. The fourth-order valence-corrected chi connectivity index (χ4v) is 2.07. The summed E-state index contributed by atoms with van der Waals surface area (Å²) in [4.78, 5) is 11.6. The summed E-state index contributed by atoms with van der Waals surface area (Å²) in [5.41, 5.74) is 5.70. The van der Waals surface area contributed by atoms with Gasteiger partial charge in [0.25, 0.3) is 5.69 Å². The van der Waals surface area contributed by atoms with E-state index in [0.717, 1.165) is 0 Å². The van der Waals surface area contributed by atoms with Crippen molar-refractivity contribution >= 4 is 23.0 Å². The summed E-state index contributed by atoms with van der Waals surface area (Å²) < 4.78 is 0. The molecule has 2 rings (SSSR count). The smallest absolute Gasteiger partial charge is 0.269 e. The third kappa shape index (κ3) is 2.28. The molecule has 100 valence electrons. The predicted molar refractivity (Wildman–Crippen MR) is 72.8 cm³/mol. The summed E-state index contributed by atoms with van der Waals surface area (Å²) in [7, 11) is 0. The first kappa shape index (κ1) is 13.4. The summed E-state index contributed by atoms with van der Waals surface area (Å²) in [6.07, 6.45) is 1.59. The first-order chi connectivity index (χ1) is 8.99. The Balaban J connectivity index is 2.35. The van der Waals surface area contributed by atoms with Crippen LogP contribution in [0, 0.1) is 10.1 Å². The van der Waals surface area contributed by atoms with Crippen molar-refractivity contribution in [2.75, 3.05) is 6.54 Å². The summed E-state index contributed by atoms with van der Waals surface area (Å²) in [6, 6.07) is 5.58. The Bertz CT molecular complexity index is 533. The number of nitrogens with one attached hydrogen (secondary N) is 2. The Labute approximate surface area is 114 Å². The van der Waals surface area contributed by atoms with Gasteiger partial charge in [-0.3, -0.25) is 20.4 Å². The molecule has 0 aliphatic carbocycles. The van der Waals surface area contributed by atoms with Crippen LogP contribution in [0.2, 0.25) is 0 Å². The highest BCUT2D eigenvalue weighted by Gasteiger charge is 2.42. The van der Waals surface area contributed by atoms with Crippen molar-refractivity contribution in [3.63, 3.8) is 0 Å². The maximum Gasteiger partial charge on any atom is 0.269 e. The van der Waals surface area contributed by atoms with Crippen LogP contribution in [0.5, 0.6) is 0 Å². The van der Waals surface area contributed by atoms with Crippen molar-refractivity contribution in [3.8, 4) is 0 Å². The number of hydrogen-bond acceptors (Lipinski definition) is 5. The van der Waals surface area contributed by atoms with Crippen LogP contribution in [0.3, 0.4) is 0 Å². The Morgan fingerprint density at radius 2 is 2.16 bits per heavy atom. The average molecular weight is 280 g/mol. The minimum absolute atomic E-state index is 0.0452. The van der Waals surface area contributed by atoms with Gasteiger partial charge in [-0.15, -0.1) is 6.58 Å². The van der Waals surface area contributed by atoms with E-state index in [-0.39, 0.29) is 5.69 Å². The highest BCUT2D eigenvalue weighted by molar-refractivity contribution is 7.80. The number of hydrogen-bond donors (Lipinski definition) is 3. The average Bonchev–Trinajstić information content (AvgIpc) is 2.69. The van der Waals surface area contributed by atoms with Gasteiger partial charge in [-0.1, -0.05) is 6.08 Å². The van der Waals surface area contributed by atoms with Crippen LogP contribution in [0.25, 0.3) is 0 Å². The molecule has 1 aromatic rings. The van der Waals surface area contributed by atoms with Crippen molar-refractivity contribution in [1.29, 1.82) is 0 Å². The molecule has 1 saturated heterocycles. The minimum atomic E-state index is -1.56. The Morgan fingerprint density at radius 1 is 1.53 bits per heavy atom. The molecule has 0 bridgehead atoms. The normalized spacial score (nSPS) is 22.2. The molecule has 1 aromatic carbocycles. The lowest BCUT2D eigenvalue weighted by molar-refractivity contribution is -0.384. The Morgan fingerprint density at radius 3 is 2.68 bits per heavy atom. The number of benzene rings is 1. The van der Waals surface area contributed by atoms with Gasteiger partial charge in [-0.25, -0.2) is 0 Å². The lowest BCUT2D eigenvalue weighted by Gasteiger charge is -2.31. The quantitative estimate of drug-likeness (QED) is 0.321. The van der Waals surface area contributed by atoms with Crippen LogP contribution >= 0.6 is 12.2 Å². The van der Waals surface area contributed by atoms with Gasteiger partial charge in [0.2, 0.25) is 5.85 Å². The fraction of sp³-hybridized carbons (Fsp3) is 0.182. The maximum absolute atomic E-state index is 10.6. The van der Waals surface area contributed by atoms with Gasteiger partial charge >= 0.3 is 0 Å². The molecule has 0 saturated carbocycles. The van der Waals surface area contributed by atoms with Crippen LogP contribution in [0.1, 0.15) is 5.56 Å². The number of nitro groups is 1. The highest BCUT2D eigenvalue weighted by Crippen LogP contribution is 2.27. The topological polar surface area (TPSA) is 90.7 Å². The minimum Gasteiger partial charge on any atom is -0.353 e. The molecule has 0 aromatic heterocycles. The zero-order valence-electron chi connectivity index (χ0n) is 9.87. The predicted octanol–water partition coefficient (Wildman–Crippen LogP) is 0.578. The van der Waals surface area contributed by atoms with E-state index >= 15 is 0 Å². The van der Waals surface area contributed by atoms with Gasteiger partial charge in [0.1, 0.15) is 0 Å². The van der Waals surface area contributed by atoms with Crippen LogP contribution in [-0.4, -0.2) is 26.6 Å². The number of nitrogens with zero attached hydrogens (tertiary/aromatic N) is 2. The molecule has 0 radical (unpaired) electrons. The van der Waals surface area contributed by atoms with Crippen molar-refractivity contribution in [2.45, 2.75) is 5.85 Å². The molecular weight excluding hydrogens is 268 g/mol. The molecule has 3 N–H and O–H groups in total. The van der Waals surface area contributed by atoms with Gasteiger partial charge in [0.15, 0.2) is 5.11 Å². The molecule has 1 aliphatic heterocycles. The first-order valence-corrected chi connectivity index (χ1v) is 5.83. The van der Waals surface area contributed by atoms with E-state index in [4.69, 9.17) is 12.2 Å². The molecule has 1 aliphatic rings. The summed E-state index contributed by atoms with van der Waals surface area (Å²) in [5, 5.41) is 21.5. The number of rotatable bonds is 4. The van der Waals surface area contributed by atoms with Crippen molar-refractivity contribution in [1.82, 2.24) is 15.8 Å². The number of hydrazine groups is 1. The lowest BCUT2D eigenvalue weighted by Crippen LogP contribution is -2.49. The van der Waals surface area contributed by atoms with Crippen LogP contribution in [0.4, 0.5) is 5.69 Å². The fourth-order valence-electron chi connectivity index (χ4n) is 1.81. The molecule has 1 fully saturated rings. The van der Waals surface area contributed by atoms with E-state index in [0.29, 0.717) is 17.2 Å². The van der Waals surface area contributed by atoms with Gasteiger partial charge in [0.05, 0.1) is 4.92 Å². The molecule has 0 unspecified atom stereocenters. The van der Waals surface area contributed by atoms with Gasteiger partial charge < -0.3 is 5.11 Å². The zero-order chi connectivity index (χ0) is 14.0. The molecule has 1 atom stereocenters. The Hall–Kier alpha value is -2.03.